The van der Waals surface area contributed by atoms with Crippen molar-refractivity contribution in [1.82, 2.24) is 0 Å². The van der Waals surface area contributed by atoms with Crippen LogP contribution in [-0.4, -0.2) is 15.6 Å². The Hall–Kier alpha value is 0.430. The molecule has 2 heteroatoms. The summed E-state index contributed by atoms with van der Waals surface area (Å²) in [4.78, 5) is 0. The van der Waals surface area contributed by atoms with Gasteiger partial charge in [0.15, 0.2) is 0 Å². The lowest BCUT2D eigenvalue weighted by Gasteiger charge is -2.00. The summed E-state index contributed by atoms with van der Waals surface area (Å²) in [5, 5.41) is 8.60. The van der Waals surface area contributed by atoms with E-state index in [1.807, 2.05) is 13.0 Å². The van der Waals surface area contributed by atoms with E-state index in [1.165, 1.54) is 0 Å². The largest absolute Gasteiger partial charge is 0.395 e. The molecule has 0 radical (unpaired) electrons. The van der Waals surface area contributed by atoms with E-state index in [2.05, 4.69) is 28.7 Å². The molecule has 0 aromatic rings. The highest BCUT2D eigenvalue weighted by molar-refractivity contribution is 14.1. The van der Waals surface area contributed by atoms with Crippen molar-refractivity contribution >= 4 is 22.6 Å². The first-order chi connectivity index (χ1) is 4.31. The van der Waals surface area contributed by atoms with Gasteiger partial charge in [-0.25, -0.2) is 0 Å². The minimum atomic E-state index is 0.304. The van der Waals surface area contributed by atoms with Crippen LogP contribution < -0.4 is 0 Å². The Labute approximate surface area is 70.3 Å². The van der Waals surface area contributed by atoms with Gasteiger partial charge in [-0.1, -0.05) is 34.7 Å². The molecule has 0 saturated heterocycles. The average Bonchev–Trinajstić information content (AvgIpc) is 1.89. The predicted octanol–water partition coefficient (Wildman–Crippen LogP) is 2.14. The minimum absolute atomic E-state index is 0.304. The van der Waals surface area contributed by atoms with E-state index in [0.717, 1.165) is 12.8 Å². The maximum atomic E-state index is 8.60. The van der Waals surface area contributed by atoms with E-state index >= 15 is 0 Å². The average molecular weight is 240 g/mol. The quantitative estimate of drug-likeness (QED) is 0.453. The fourth-order valence-corrected chi connectivity index (χ4v) is 0.895. The maximum Gasteiger partial charge on any atom is 0.0549 e. The Morgan fingerprint density at radius 1 is 1.67 bits per heavy atom. The zero-order valence-corrected chi connectivity index (χ0v) is 7.84. The summed E-state index contributed by atoms with van der Waals surface area (Å²) in [5.74, 6) is 0. The van der Waals surface area contributed by atoms with Crippen LogP contribution in [-0.2, 0) is 0 Å². The molecular weight excluding hydrogens is 227 g/mol. The van der Waals surface area contributed by atoms with E-state index in [0.29, 0.717) is 10.5 Å². The fourth-order valence-electron chi connectivity index (χ4n) is 0.535. The third kappa shape index (κ3) is 6.31. The number of rotatable bonds is 4. The van der Waals surface area contributed by atoms with Crippen LogP contribution in [0.4, 0.5) is 0 Å². The van der Waals surface area contributed by atoms with Gasteiger partial charge in [0.2, 0.25) is 0 Å². The minimum Gasteiger partial charge on any atom is -0.395 e. The molecule has 1 unspecified atom stereocenters. The Morgan fingerprint density at radius 2 is 2.33 bits per heavy atom. The first-order valence-electron chi connectivity index (χ1n) is 3.17. The molecule has 1 atom stereocenters. The van der Waals surface area contributed by atoms with Gasteiger partial charge in [0.25, 0.3) is 0 Å². The van der Waals surface area contributed by atoms with E-state index < -0.39 is 0 Å². The molecule has 54 valence electrons. The second-order valence-corrected chi connectivity index (χ2v) is 3.69. The van der Waals surface area contributed by atoms with Gasteiger partial charge in [-0.2, -0.15) is 0 Å². The maximum absolute atomic E-state index is 8.60. The molecule has 9 heavy (non-hydrogen) atoms. The summed E-state index contributed by atoms with van der Waals surface area (Å²) in [5.41, 5.74) is 0. The third-order valence-corrected chi connectivity index (χ3v) is 2.10. The molecule has 0 aromatic carbocycles. The number of alkyl halides is 1. The van der Waals surface area contributed by atoms with Crippen LogP contribution in [0, 0.1) is 0 Å². The fraction of sp³-hybridized carbons (Fsp3) is 0.714. The summed E-state index contributed by atoms with van der Waals surface area (Å²) >= 11 is 2.26. The molecule has 0 aromatic heterocycles. The van der Waals surface area contributed by atoms with Gasteiger partial charge >= 0.3 is 0 Å². The van der Waals surface area contributed by atoms with Gasteiger partial charge in [-0.3, -0.25) is 0 Å². The Morgan fingerprint density at radius 3 is 2.78 bits per heavy atom. The highest BCUT2D eigenvalue weighted by atomic mass is 127. The molecule has 0 aliphatic rings. The molecule has 0 fully saturated rings. The molecule has 0 aliphatic carbocycles. The monoisotopic (exact) mass is 240 g/mol. The number of allylic oxidation sites excluding steroid dienone is 2. The number of hydrogen-bond acceptors (Lipinski definition) is 1. The molecule has 1 nitrogen and oxygen atoms in total. The molecule has 0 bridgehead atoms. The highest BCUT2D eigenvalue weighted by Crippen LogP contribution is 2.07. The van der Waals surface area contributed by atoms with Crippen LogP contribution in [0.2, 0.25) is 0 Å². The van der Waals surface area contributed by atoms with Gasteiger partial charge in [0, 0.05) is 3.92 Å². The Bertz CT molecular complexity index is 81.0. The zero-order chi connectivity index (χ0) is 7.11. The molecule has 1 N–H and O–H groups in total. The summed E-state index contributed by atoms with van der Waals surface area (Å²) < 4.78 is 0.429. The topological polar surface area (TPSA) is 20.2 Å². The van der Waals surface area contributed by atoms with Crippen molar-refractivity contribution in [2.45, 2.75) is 23.7 Å². The lowest BCUT2D eigenvalue weighted by molar-refractivity contribution is 0.296. The smallest absolute Gasteiger partial charge is 0.0549 e. The highest BCUT2D eigenvalue weighted by Gasteiger charge is 1.97. The standard InChI is InChI=1S/C7H13IO/c1-2-3-4-5-7(8)6-9/h2-3,7,9H,4-6H2,1H3/b3-2+. The van der Waals surface area contributed by atoms with E-state index in [1.54, 1.807) is 0 Å². The molecule has 0 amide bonds. The van der Waals surface area contributed by atoms with Crippen molar-refractivity contribution in [1.29, 1.82) is 0 Å². The van der Waals surface area contributed by atoms with Gasteiger partial charge < -0.3 is 5.11 Å². The summed E-state index contributed by atoms with van der Waals surface area (Å²) in [7, 11) is 0. The van der Waals surface area contributed by atoms with E-state index in [9.17, 15) is 0 Å². The predicted molar refractivity (Wildman–Crippen MR) is 48.9 cm³/mol. The second kappa shape index (κ2) is 6.55. The SMILES string of the molecule is C/C=C/CCC(I)CO. The molecule has 0 saturated carbocycles. The van der Waals surface area contributed by atoms with E-state index in [4.69, 9.17) is 5.11 Å². The summed E-state index contributed by atoms with van der Waals surface area (Å²) in [6.07, 6.45) is 6.34. The van der Waals surface area contributed by atoms with Crippen molar-refractivity contribution in [3.8, 4) is 0 Å². The zero-order valence-electron chi connectivity index (χ0n) is 5.68. The van der Waals surface area contributed by atoms with Crippen molar-refractivity contribution in [2.75, 3.05) is 6.61 Å². The van der Waals surface area contributed by atoms with E-state index in [-0.39, 0.29) is 0 Å². The van der Waals surface area contributed by atoms with Gasteiger partial charge in [-0.05, 0) is 19.8 Å². The Balaban J connectivity index is 3.06. The first kappa shape index (κ1) is 9.43. The lowest BCUT2D eigenvalue weighted by atomic mass is 10.2. The lowest BCUT2D eigenvalue weighted by Crippen LogP contribution is -2.01. The van der Waals surface area contributed by atoms with Crippen LogP contribution in [0.3, 0.4) is 0 Å². The van der Waals surface area contributed by atoms with Crippen molar-refractivity contribution in [3.05, 3.63) is 12.2 Å². The number of aliphatic hydroxyl groups excluding tert-OH is 1. The van der Waals surface area contributed by atoms with Crippen LogP contribution in [0.5, 0.6) is 0 Å². The normalized spacial score (nSPS) is 14.6. The number of halogens is 1. The van der Waals surface area contributed by atoms with Crippen LogP contribution in [0.25, 0.3) is 0 Å². The van der Waals surface area contributed by atoms with Gasteiger partial charge in [0.05, 0.1) is 6.61 Å². The summed E-state index contributed by atoms with van der Waals surface area (Å²) in [6.45, 7) is 2.32. The van der Waals surface area contributed by atoms with Crippen molar-refractivity contribution < 1.29 is 5.11 Å². The third-order valence-electron chi connectivity index (χ3n) is 1.08. The van der Waals surface area contributed by atoms with Crippen LogP contribution in [0.15, 0.2) is 12.2 Å². The van der Waals surface area contributed by atoms with Crippen LogP contribution >= 0.6 is 22.6 Å². The van der Waals surface area contributed by atoms with Crippen LogP contribution in [0.1, 0.15) is 19.8 Å². The number of hydrogen-bond donors (Lipinski definition) is 1. The first-order valence-corrected chi connectivity index (χ1v) is 4.42. The summed E-state index contributed by atoms with van der Waals surface area (Å²) in [6, 6.07) is 0. The molecule has 0 aliphatic heterocycles. The van der Waals surface area contributed by atoms with Crippen molar-refractivity contribution in [3.63, 3.8) is 0 Å². The second-order valence-electron chi connectivity index (χ2n) is 1.93. The number of aliphatic hydroxyl groups is 1. The van der Waals surface area contributed by atoms with Gasteiger partial charge in [0.1, 0.15) is 0 Å². The van der Waals surface area contributed by atoms with Crippen molar-refractivity contribution in [2.24, 2.45) is 0 Å². The molecule has 0 heterocycles. The molecule has 0 rings (SSSR count). The Kier molecular flexibility index (Phi) is 6.86. The van der Waals surface area contributed by atoms with Gasteiger partial charge in [-0.15, -0.1) is 0 Å². The molecule has 0 spiro atoms. The molecular formula is C7H13IO.